The Morgan fingerprint density at radius 1 is 1.19 bits per heavy atom. The van der Waals surface area contributed by atoms with Crippen molar-refractivity contribution in [2.45, 2.75) is 19.8 Å². The molecule has 2 rings (SSSR count). The minimum Gasteiger partial charge on any atom is -0.497 e. The number of hydrogen-bond acceptors (Lipinski definition) is 4. The highest BCUT2D eigenvalue weighted by atomic mass is 16.5. The normalized spacial score (nSPS) is 14.9. The number of nitrogens with zero attached hydrogens (tertiary/aromatic N) is 4. The number of methoxy groups -OCH3 is 1. The number of piperazine rings is 1. The van der Waals surface area contributed by atoms with Gasteiger partial charge in [-0.15, -0.1) is 0 Å². The summed E-state index contributed by atoms with van der Waals surface area (Å²) in [6, 6.07) is 8.18. The molecule has 0 saturated carbocycles. The number of anilines is 1. The summed E-state index contributed by atoms with van der Waals surface area (Å²) >= 11 is 0. The molecule has 0 spiro atoms. The van der Waals surface area contributed by atoms with Gasteiger partial charge in [0, 0.05) is 52.5 Å². The molecule has 1 amide bonds. The number of benzene rings is 1. The summed E-state index contributed by atoms with van der Waals surface area (Å²) in [6.07, 6.45) is 2.22. The van der Waals surface area contributed by atoms with Crippen molar-refractivity contribution in [3.05, 3.63) is 24.3 Å². The van der Waals surface area contributed by atoms with Crippen LogP contribution in [0, 0.1) is 0 Å². The molecule has 0 aromatic heterocycles. The van der Waals surface area contributed by atoms with Crippen LogP contribution < -0.4 is 15.0 Å². The molecule has 0 atom stereocenters. The Morgan fingerprint density at radius 2 is 1.85 bits per heavy atom. The number of unbranched alkanes of at least 4 members (excludes halogenated alkanes) is 1. The van der Waals surface area contributed by atoms with E-state index in [2.05, 4.69) is 39.2 Å². The second kappa shape index (κ2) is 10.6. The average Bonchev–Trinajstić information content (AvgIpc) is 2.70. The second-order valence-electron chi connectivity index (χ2n) is 6.88. The number of likely N-dealkylation sites (N-methyl/N-ethyl adjacent to an activating group) is 1. The van der Waals surface area contributed by atoms with E-state index in [1.807, 2.05) is 12.1 Å². The van der Waals surface area contributed by atoms with E-state index in [4.69, 9.17) is 4.74 Å². The summed E-state index contributed by atoms with van der Waals surface area (Å²) < 4.78 is 5.23. The average molecular weight is 376 g/mol. The van der Waals surface area contributed by atoms with Gasteiger partial charge in [-0.2, -0.15) is 0 Å². The predicted molar refractivity (Wildman–Crippen MR) is 111 cm³/mol. The van der Waals surface area contributed by atoms with Crippen LogP contribution in [0.1, 0.15) is 19.8 Å². The van der Waals surface area contributed by atoms with E-state index in [-0.39, 0.29) is 12.5 Å². The molecule has 0 unspecified atom stereocenters. The molecule has 0 aliphatic carbocycles. The third kappa shape index (κ3) is 6.34. The topological polar surface area (TPSA) is 60.4 Å². The quantitative estimate of drug-likeness (QED) is 0.446. The number of amides is 1. The van der Waals surface area contributed by atoms with Crippen molar-refractivity contribution < 1.29 is 9.53 Å². The molecule has 7 nitrogen and oxygen atoms in total. The van der Waals surface area contributed by atoms with E-state index in [1.54, 1.807) is 26.1 Å². The number of carbonyl (C=O) groups is 1. The maximum absolute atomic E-state index is 11.9. The zero-order chi connectivity index (χ0) is 19.6. The summed E-state index contributed by atoms with van der Waals surface area (Å²) in [5.41, 5.74) is 1.20. The van der Waals surface area contributed by atoms with Crippen LogP contribution in [0.15, 0.2) is 29.3 Å². The van der Waals surface area contributed by atoms with Crippen molar-refractivity contribution in [2.75, 3.05) is 65.4 Å². The fourth-order valence-corrected chi connectivity index (χ4v) is 2.90. The molecular weight excluding hydrogens is 342 g/mol. The molecule has 1 heterocycles. The van der Waals surface area contributed by atoms with E-state index >= 15 is 0 Å². The van der Waals surface area contributed by atoms with Gasteiger partial charge in [-0.25, -0.2) is 4.99 Å². The Bertz CT molecular complexity index is 607. The first-order valence-electron chi connectivity index (χ1n) is 9.67. The first kappa shape index (κ1) is 20.9. The van der Waals surface area contributed by atoms with Crippen LogP contribution in [-0.4, -0.2) is 82.1 Å². The van der Waals surface area contributed by atoms with Crippen LogP contribution in [0.5, 0.6) is 5.75 Å². The Hall–Kier alpha value is -2.44. The Morgan fingerprint density at radius 3 is 2.41 bits per heavy atom. The molecule has 1 fully saturated rings. The maximum atomic E-state index is 11.9. The molecule has 0 bridgehead atoms. The number of aliphatic imine (C=N–C) groups is 1. The van der Waals surface area contributed by atoms with Gasteiger partial charge in [0.15, 0.2) is 5.96 Å². The lowest BCUT2D eigenvalue weighted by molar-refractivity contribution is -0.127. The highest BCUT2D eigenvalue weighted by Gasteiger charge is 2.20. The fourth-order valence-electron chi connectivity index (χ4n) is 2.90. The fraction of sp³-hybridized carbons (Fsp3) is 0.600. The van der Waals surface area contributed by atoms with E-state index < -0.39 is 0 Å². The molecule has 1 N–H and O–H groups in total. The van der Waals surface area contributed by atoms with Crippen LogP contribution in [-0.2, 0) is 4.79 Å². The number of guanidine groups is 1. The first-order chi connectivity index (χ1) is 13.0. The van der Waals surface area contributed by atoms with Gasteiger partial charge in [0.2, 0.25) is 5.91 Å². The molecule has 1 saturated heterocycles. The van der Waals surface area contributed by atoms with Crippen LogP contribution >= 0.6 is 0 Å². The molecule has 27 heavy (non-hydrogen) atoms. The summed E-state index contributed by atoms with van der Waals surface area (Å²) in [5.74, 6) is 1.73. The van der Waals surface area contributed by atoms with Crippen molar-refractivity contribution in [3.63, 3.8) is 0 Å². The highest BCUT2D eigenvalue weighted by Crippen LogP contribution is 2.20. The smallest absolute Gasteiger partial charge is 0.243 e. The van der Waals surface area contributed by atoms with Gasteiger partial charge in [0.1, 0.15) is 12.3 Å². The molecule has 0 radical (unpaired) electrons. The standard InChI is InChI=1S/C20H33N5O2/c1-5-6-11-21-20(22-16-19(26)23(2)3)25-14-12-24(13-15-25)17-7-9-18(27-4)10-8-17/h7-10H,5-6,11-16H2,1-4H3,(H,21,22). The number of rotatable bonds is 7. The number of ether oxygens (including phenoxy) is 1. The van der Waals surface area contributed by atoms with Crippen molar-refractivity contribution in [3.8, 4) is 5.75 Å². The molecular formula is C20H33N5O2. The molecule has 7 heteroatoms. The molecule has 1 aliphatic heterocycles. The van der Waals surface area contributed by atoms with Crippen LogP contribution in [0.3, 0.4) is 0 Å². The third-order valence-electron chi connectivity index (χ3n) is 4.69. The van der Waals surface area contributed by atoms with Crippen molar-refractivity contribution in [1.29, 1.82) is 0 Å². The van der Waals surface area contributed by atoms with Gasteiger partial charge >= 0.3 is 0 Å². The first-order valence-corrected chi connectivity index (χ1v) is 9.67. The lowest BCUT2D eigenvalue weighted by Crippen LogP contribution is -2.53. The lowest BCUT2D eigenvalue weighted by Gasteiger charge is -2.37. The Balaban J connectivity index is 1.96. The van der Waals surface area contributed by atoms with E-state index in [0.29, 0.717) is 0 Å². The zero-order valence-electron chi connectivity index (χ0n) is 17.1. The van der Waals surface area contributed by atoms with Gasteiger partial charge in [-0.05, 0) is 30.7 Å². The second-order valence-corrected chi connectivity index (χ2v) is 6.88. The minimum atomic E-state index is 0.0154. The summed E-state index contributed by atoms with van der Waals surface area (Å²) in [6.45, 7) is 6.82. The van der Waals surface area contributed by atoms with Crippen LogP contribution in [0.2, 0.25) is 0 Å². The minimum absolute atomic E-state index is 0.0154. The summed E-state index contributed by atoms with van der Waals surface area (Å²) in [5, 5.41) is 3.42. The lowest BCUT2D eigenvalue weighted by atomic mass is 10.2. The molecule has 1 aromatic rings. The van der Waals surface area contributed by atoms with Gasteiger partial charge in [-0.3, -0.25) is 4.79 Å². The van der Waals surface area contributed by atoms with Crippen molar-refractivity contribution >= 4 is 17.6 Å². The molecule has 1 aromatic carbocycles. The van der Waals surface area contributed by atoms with Gasteiger partial charge in [0.25, 0.3) is 0 Å². The third-order valence-corrected chi connectivity index (χ3v) is 4.69. The SMILES string of the molecule is CCCCNC(=NCC(=O)N(C)C)N1CCN(c2ccc(OC)cc2)CC1. The summed E-state index contributed by atoms with van der Waals surface area (Å²) in [7, 11) is 5.20. The predicted octanol–water partition coefficient (Wildman–Crippen LogP) is 1.65. The van der Waals surface area contributed by atoms with Gasteiger partial charge < -0.3 is 24.8 Å². The summed E-state index contributed by atoms with van der Waals surface area (Å²) in [4.78, 5) is 22.7. The molecule has 1 aliphatic rings. The largest absolute Gasteiger partial charge is 0.497 e. The molecule has 150 valence electrons. The van der Waals surface area contributed by atoms with E-state index in [1.165, 1.54) is 5.69 Å². The maximum Gasteiger partial charge on any atom is 0.243 e. The number of nitrogens with one attached hydrogen (secondary N) is 1. The number of hydrogen-bond donors (Lipinski definition) is 1. The highest BCUT2D eigenvalue weighted by molar-refractivity contribution is 5.85. The number of carbonyl (C=O) groups excluding carboxylic acids is 1. The van der Waals surface area contributed by atoms with E-state index in [0.717, 1.165) is 57.3 Å². The van der Waals surface area contributed by atoms with Crippen molar-refractivity contribution in [1.82, 2.24) is 15.1 Å². The van der Waals surface area contributed by atoms with Crippen molar-refractivity contribution in [2.24, 2.45) is 4.99 Å². The Labute approximate surface area is 163 Å². The van der Waals surface area contributed by atoms with Gasteiger partial charge in [-0.1, -0.05) is 13.3 Å². The Kier molecular flexibility index (Phi) is 8.23. The van der Waals surface area contributed by atoms with Gasteiger partial charge in [0.05, 0.1) is 7.11 Å². The van der Waals surface area contributed by atoms with Crippen LogP contribution in [0.4, 0.5) is 5.69 Å². The monoisotopic (exact) mass is 375 g/mol. The zero-order valence-corrected chi connectivity index (χ0v) is 17.1. The van der Waals surface area contributed by atoms with E-state index in [9.17, 15) is 4.79 Å². The van der Waals surface area contributed by atoms with Crippen LogP contribution in [0.25, 0.3) is 0 Å².